The number of fused-ring (bicyclic) bond motifs is 1. The summed E-state index contributed by atoms with van der Waals surface area (Å²) in [6.45, 7) is 1.84. The number of aromatic amines is 1. The molecule has 0 bridgehead atoms. The molecule has 0 radical (unpaired) electrons. The van der Waals surface area contributed by atoms with Crippen LogP contribution in [0.25, 0.3) is 11.1 Å². The van der Waals surface area contributed by atoms with Gasteiger partial charge in [-0.15, -0.1) is 0 Å². The molecule has 0 aliphatic rings. The number of carbonyl (C=O) groups excluding carboxylic acids is 2. The van der Waals surface area contributed by atoms with Gasteiger partial charge in [0.2, 0.25) is 5.71 Å². The van der Waals surface area contributed by atoms with Gasteiger partial charge in [0, 0.05) is 12.2 Å². The number of methoxy groups -OCH3 is 1. The third-order valence-electron chi connectivity index (χ3n) is 3.74. The zero-order chi connectivity index (χ0) is 18.7. The summed E-state index contributed by atoms with van der Waals surface area (Å²) < 4.78 is 9.88. The second kappa shape index (κ2) is 7.09. The van der Waals surface area contributed by atoms with Crippen molar-refractivity contribution in [3.8, 4) is 0 Å². The van der Waals surface area contributed by atoms with Gasteiger partial charge in [-0.25, -0.2) is 9.78 Å². The van der Waals surface area contributed by atoms with E-state index in [-0.39, 0.29) is 23.2 Å². The van der Waals surface area contributed by atoms with E-state index in [1.165, 1.54) is 13.4 Å². The topological polar surface area (TPSA) is 126 Å². The van der Waals surface area contributed by atoms with Crippen LogP contribution in [-0.2, 0) is 11.3 Å². The molecule has 134 valence electrons. The number of hydrogen-bond donors (Lipinski definition) is 3. The Hall–Kier alpha value is -3.62. The minimum atomic E-state index is -0.563. The van der Waals surface area contributed by atoms with E-state index >= 15 is 0 Å². The molecule has 0 fully saturated rings. The van der Waals surface area contributed by atoms with Crippen LogP contribution < -0.4 is 16.2 Å². The van der Waals surface area contributed by atoms with Gasteiger partial charge >= 0.3 is 6.09 Å². The van der Waals surface area contributed by atoms with Gasteiger partial charge in [0.1, 0.15) is 11.1 Å². The van der Waals surface area contributed by atoms with Crippen LogP contribution in [0.5, 0.6) is 0 Å². The second-order valence-electron chi connectivity index (χ2n) is 5.44. The minimum absolute atomic E-state index is 0.120. The summed E-state index contributed by atoms with van der Waals surface area (Å²) in [7, 11) is 1.28. The maximum Gasteiger partial charge on any atom is 0.411 e. The summed E-state index contributed by atoms with van der Waals surface area (Å²) in [5.41, 5.74) is 1.23. The van der Waals surface area contributed by atoms with Crippen molar-refractivity contribution in [3.05, 3.63) is 57.8 Å². The Labute approximate surface area is 147 Å². The lowest BCUT2D eigenvalue weighted by Crippen LogP contribution is -2.24. The van der Waals surface area contributed by atoms with E-state index < -0.39 is 17.6 Å². The van der Waals surface area contributed by atoms with Crippen molar-refractivity contribution in [1.82, 2.24) is 15.3 Å². The van der Waals surface area contributed by atoms with Crippen molar-refractivity contribution >= 4 is 28.8 Å². The van der Waals surface area contributed by atoms with Crippen LogP contribution >= 0.6 is 0 Å². The standard InChI is InChI=1S/C17H16N4O5/c1-9-12(13-15(23)19-8-20-16(13)26-9)14(22)18-7-10-3-5-11(6-4-10)21-17(24)25-2/h3-6,8H,7H2,1-2H3,(H,18,22)(H,21,24)(H,19,20,23). The molecule has 9 nitrogen and oxygen atoms in total. The van der Waals surface area contributed by atoms with E-state index in [1.54, 1.807) is 31.2 Å². The highest BCUT2D eigenvalue weighted by molar-refractivity contribution is 6.06. The lowest BCUT2D eigenvalue weighted by molar-refractivity contribution is 0.0950. The number of H-pyrrole nitrogens is 1. The Morgan fingerprint density at radius 1 is 1.27 bits per heavy atom. The highest BCUT2D eigenvalue weighted by Crippen LogP contribution is 2.20. The molecular weight excluding hydrogens is 340 g/mol. The first-order valence-electron chi connectivity index (χ1n) is 7.68. The van der Waals surface area contributed by atoms with Crippen LogP contribution in [0.1, 0.15) is 21.7 Å². The number of hydrogen-bond acceptors (Lipinski definition) is 6. The molecule has 3 N–H and O–H groups in total. The number of rotatable bonds is 4. The summed E-state index contributed by atoms with van der Waals surface area (Å²) in [4.78, 5) is 41.9. The number of amides is 2. The molecule has 9 heteroatoms. The van der Waals surface area contributed by atoms with Gasteiger partial charge in [0.05, 0.1) is 19.0 Å². The van der Waals surface area contributed by atoms with Crippen LogP contribution in [0.3, 0.4) is 0 Å². The fourth-order valence-electron chi connectivity index (χ4n) is 2.47. The van der Waals surface area contributed by atoms with Crippen molar-refractivity contribution in [1.29, 1.82) is 0 Å². The quantitative estimate of drug-likeness (QED) is 0.656. The predicted molar refractivity (Wildman–Crippen MR) is 93.0 cm³/mol. The van der Waals surface area contributed by atoms with Crippen molar-refractivity contribution in [3.63, 3.8) is 0 Å². The van der Waals surface area contributed by atoms with Crippen molar-refractivity contribution in [2.75, 3.05) is 12.4 Å². The Kier molecular flexibility index (Phi) is 4.70. The molecule has 2 aromatic heterocycles. The lowest BCUT2D eigenvalue weighted by Gasteiger charge is -2.07. The maximum atomic E-state index is 12.5. The van der Waals surface area contributed by atoms with Crippen molar-refractivity contribution < 1.29 is 18.7 Å². The number of nitrogens with one attached hydrogen (secondary N) is 3. The van der Waals surface area contributed by atoms with Gasteiger partial charge < -0.3 is 19.5 Å². The number of aryl methyl sites for hydroxylation is 1. The van der Waals surface area contributed by atoms with E-state index in [0.29, 0.717) is 11.4 Å². The fourth-order valence-corrected chi connectivity index (χ4v) is 2.47. The molecule has 3 aromatic rings. The molecule has 0 aliphatic heterocycles. The number of aromatic nitrogens is 2. The van der Waals surface area contributed by atoms with Gasteiger partial charge in [-0.1, -0.05) is 12.1 Å². The average molecular weight is 356 g/mol. The number of furan rings is 1. The Bertz CT molecular complexity index is 1020. The van der Waals surface area contributed by atoms with Crippen LogP contribution in [-0.4, -0.2) is 29.1 Å². The van der Waals surface area contributed by atoms with E-state index in [9.17, 15) is 14.4 Å². The molecule has 2 amide bonds. The Morgan fingerprint density at radius 2 is 2.00 bits per heavy atom. The monoisotopic (exact) mass is 356 g/mol. The lowest BCUT2D eigenvalue weighted by atomic mass is 10.1. The molecule has 0 aliphatic carbocycles. The molecule has 0 saturated heterocycles. The molecule has 3 rings (SSSR count). The summed E-state index contributed by atoms with van der Waals surface area (Å²) in [5.74, 6) is -0.115. The third-order valence-corrected chi connectivity index (χ3v) is 3.74. The molecule has 0 saturated carbocycles. The summed E-state index contributed by atoms with van der Waals surface area (Å²) in [6.07, 6.45) is 0.659. The maximum absolute atomic E-state index is 12.5. The number of anilines is 1. The van der Waals surface area contributed by atoms with Crippen LogP contribution in [0.4, 0.5) is 10.5 Å². The normalized spacial score (nSPS) is 10.5. The first-order valence-corrected chi connectivity index (χ1v) is 7.68. The Balaban J connectivity index is 1.73. The van der Waals surface area contributed by atoms with Gasteiger partial charge in [-0.2, -0.15) is 0 Å². The molecule has 26 heavy (non-hydrogen) atoms. The first-order chi connectivity index (χ1) is 12.5. The summed E-state index contributed by atoms with van der Waals surface area (Å²) in [6, 6.07) is 6.87. The second-order valence-corrected chi connectivity index (χ2v) is 5.44. The molecule has 2 heterocycles. The van der Waals surface area contributed by atoms with E-state index in [0.717, 1.165) is 5.56 Å². The largest absolute Gasteiger partial charge is 0.453 e. The predicted octanol–water partition coefficient (Wildman–Crippen LogP) is 1.93. The van der Waals surface area contributed by atoms with Gasteiger partial charge in [-0.05, 0) is 24.6 Å². The highest BCUT2D eigenvalue weighted by Gasteiger charge is 2.21. The molecule has 0 unspecified atom stereocenters. The number of nitrogens with zero attached hydrogens (tertiary/aromatic N) is 1. The van der Waals surface area contributed by atoms with Gasteiger partial charge in [0.15, 0.2) is 0 Å². The van der Waals surface area contributed by atoms with Crippen LogP contribution in [0.2, 0.25) is 0 Å². The molecule has 0 atom stereocenters. The smallest absolute Gasteiger partial charge is 0.411 e. The third kappa shape index (κ3) is 3.41. The van der Waals surface area contributed by atoms with Crippen molar-refractivity contribution in [2.24, 2.45) is 0 Å². The van der Waals surface area contributed by atoms with Gasteiger partial charge in [-0.3, -0.25) is 14.9 Å². The molecule has 1 aromatic carbocycles. The highest BCUT2D eigenvalue weighted by atomic mass is 16.5. The van der Waals surface area contributed by atoms with E-state index in [2.05, 4.69) is 25.3 Å². The fraction of sp³-hybridized carbons (Fsp3) is 0.176. The van der Waals surface area contributed by atoms with Crippen molar-refractivity contribution in [2.45, 2.75) is 13.5 Å². The van der Waals surface area contributed by atoms with Crippen LogP contribution in [0, 0.1) is 6.92 Å². The van der Waals surface area contributed by atoms with E-state index in [4.69, 9.17) is 4.42 Å². The summed E-state index contributed by atoms with van der Waals surface area (Å²) in [5, 5.41) is 5.40. The molecule has 0 spiro atoms. The first kappa shape index (κ1) is 17.2. The number of ether oxygens (including phenoxy) is 1. The number of benzene rings is 1. The minimum Gasteiger partial charge on any atom is -0.453 e. The Morgan fingerprint density at radius 3 is 2.69 bits per heavy atom. The zero-order valence-corrected chi connectivity index (χ0v) is 14.1. The number of carbonyl (C=O) groups is 2. The zero-order valence-electron chi connectivity index (χ0n) is 14.1. The van der Waals surface area contributed by atoms with E-state index in [1.807, 2.05) is 0 Å². The summed E-state index contributed by atoms with van der Waals surface area (Å²) >= 11 is 0. The van der Waals surface area contributed by atoms with Gasteiger partial charge in [0.25, 0.3) is 11.5 Å². The van der Waals surface area contributed by atoms with Crippen LogP contribution in [0.15, 0.2) is 39.8 Å². The molecular formula is C17H16N4O5. The SMILES string of the molecule is COC(=O)Nc1ccc(CNC(=O)c2c(C)oc3nc[nH]c(=O)c23)cc1. The average Bonchev–Trinajstić information content (AvgIpc) is 2.98.